The number of fused-ring (bicyclic) bond motifs is 1. The van der Waals surface area contributed by atoms with E-state index in [-0.39, 0.29) is 5.82 Å². The van der Waals surface area contributed by atoms with Crippen molar-refractivity contribution in [3.8, 4) is 5.75 Å². The third kappa shape index (κ3) is 2.50. The van der Waals surface area contributed by atoms with Crippen LogP contribution in [-0.2, 0) is 6.61 Å². The molecule has 0 spiro atoms. The van der Waals surface area contributed by atoms with Gasteiger partial charge < -0.3 is 4.74 Å². The van der Waals surface area contributed by atoms with Crippen molar-refractivity contribution in [2.45, 2.75) is 13.5 Å². The molecule has 0 unspecified atom stereocenters. The molecule has 0 fully saturated rings. The second kappa shape index (κ2) is 5.33. The Morgan fingerprint density at radius 2 is 1.75 bits per heavy atom. The van der Waals surface area contributed by atoms with Gasteiger partial charge in [0.05, 0.1) is 0 Å². The Hall–Kier alpha value is -2.35. The highest BCUT2D eigenvalue weighted by molar-refractivity contribution is 5.85. The summed E-state index contributed by atoms with van der Waals surface area (Å²) in [5.74, 6) is 0.486. The Balaban J connectivity index is 1.87. The quantitative estimate of drug-likeness (QED) is 0.657. The van der Waals surface area contributed by atoms with E-state index in [0.717, 1.165) is 16.9 Å². The smallest absolute Gasteiger partial charge is 0.123 e. The lowest BCUT2D eigenvalue weighted by atomic mass is 10.1. The first-order valence-corrected chi connectivity index (χ1v) is 6.59. The van der Waals surface area contributed by atoms with E-state index >= 15 is 0 Å². The van der Waals surface area contributed by atoms with Crippen molar-refractivity contribution in [3.05, 3.63) is 77.6 Å². The van der Waals surface area contributed by atoms with Crippen LogP contribution < -0.4 is 4.74 Å². The molecule has 3 aromatic rings. The molecule has 2 heteroatoms. The van der Waals surface area contributed by atoms with Gasteiger partial charge >= 0.3 is 0 Å². The van der Waals surface area contributed by atoms with Gasteiger partial charge in [-0.1, -0.05) is 42.5 Å². The van der Waals surface area contributed by atoms with E-state index in [1.165, 1.54) is 22.9 Å². The number of ether oxygens (including phenoxy) is 1. The van der Waals surface area contributed by atoms with Crippen LogP contribution in [0.2, 0.25) is 0 Å². The van der Waals surface area contributed by atoms with E-state index in [1.54, 1.807) is 6.07 Å². The van der Waals surface area contributed by atoms with E-state index in [2.05, 4.69) is 24.3 Å². The number of aryl methyl sites for hydroxylation is 1. The van der Waals surface area contributed by atoms with Crippen LogP contribution in [0.25, 0.3) is 10.8 Å². The molecule has 1 nitrogen and oxygen atoms in total. The lowest BCUT2D eigenvalue weighted by Crippen LogP contribution is -1.98. The minimum absolute atomic E-state index is 0.236. The van der Waals surface area contributed by atoms with Crippen LogP contribution in [-0.4, -0.2) is 0 Å². The van der Waals surface area contributed by atoms with E-state index in [4.69, 9.17) is 4.74 Å². The van der Waals surface area contributed by atoms with Crippen LogP contribution in [0.4, 0.5) is 4.39 Å². The van der Waals surface area contributed by atoms with Crippen LogP contribution in [0.1, 0.15) is 11.1 Å². The minimum Gasteiger partial charge on any atom is -0.489 e. The van der Waals surface area contributed by atoms with Gasteiger partial charge in [-0.2, -0.15) is 0 Å². The maximum Gasteiger partial charge on any atom is 0.123 e. The summed E-state index contributed by atoms with van der Waals surface area (Å²) in [6, 6.07) is 19.0. The van der Waals surface area contributed by atoms with Gasteiger partial charge in [-0.3, -0.25) is 0 Å². The van der Waals surface area contributed by atoms with E-state index in [9.17, 15) is 4.39 Å². The van der Waals surface area contributed by atoms with E-state index in [0.29, 0.717) is 6.61 Å². The lowest BCUT2D eigenvalue weighted by molar-refractivity contribution is 0.305. The summed E-state index contributed by atoms with van der Waals surface area (Å²) >= 11 is 0. The van der Waals surface area contributed by atoms with Crippen molar-refractivity contribution >= 4 is 10.8 Å². The third-order valence-corrected chi connectivity index (χ3v) is 3.40. The third-order valence-electron chi connectivity index (χ3n) is 3.40. The Bertz CT molecular complexity index is 744. The monoisotopic (exact) mass is 266 g/mol. The molecular formula is C18H15FO. The molecule has 0 aliphatic carbocycles. The summed E-state index contributed by atoms with van der Waals surface area (Å²) < 4.78 is 18.9. The van der Waals surface area contributed by atoms with Crippen molar-refractivity contribution in [1.29, 1.82) is 0 Å². The highest BCUT2D eigenvalue weighted by Gasteiger charge is 2.04. The van der Waals surface area contributed by atoms with E-state index < -0.39 is 0 Å². The number of hydrogen-bond donors (Lipinski definition) is 0. The predicted molar refractivity (Wildman–Crippen MR) is 79.4 cm³/mol. The maximum atomic E-state index is 13.1. The molecule has 20 heavy (non-hydrogen) atoms. The first-order chi connectivity index (χ1) is 9.74. The Morgan fingerprint density at radius 3 is 2.60 bits per heavy atom. The molecule has 0 amide bonds. The standard InChI is InChI=1S/C18H15FO/c1-13-11-16(19)9-10-18(13)20-12-15-7-4-6-14-5-2-3-8-17(14)15/h2-11H,12H2,1H3. The van der Waals surface area contributed by atoms with Gasteiger partial charge in [0.25, 0.3) is 0 Å². The van der Waals surface area contributed by atoms with Crippen LogP contribution >= 0.6 is 0 Å². The fourth-order valence-electron chi connectivity index (χ4n) is 2.35. The Kier molecular flexibility index (Phi) is 3.38. The normalized spacial score (nSPS) is 10.7. The van der Waals surface area contributed by atoms with Gasteiger partial charge in [-0.25, -0.2) is 4.39 Å². The topological polar surface area (TPSA) is 9.23 Å². The molecule has 0 heterocycles. The zero-order valence-corrected chi connectivity index (χ0v) is 11.3. The number of rotatable bonds is 3. The molecular weight excluding hydrogens is 251 g/mol. The predicted octanol–water partition coefficient (Wildman–Crippen LogP) is 4.87. The van der Waals surface area contributed by atoms with Gasteiger partial charge in [0.2, 0.25) is 0 Å². The molecule has 0 aliphatic heterocycles. The highest BCUT2D eigenvalue weighted by atomic mass is 19.1. The lowest BCUT2D eigenvalue weighted by Gasteiger charge is -2.11. The van der Waals surface area contributed by atoms with Crippen molar-refractivity contribution in [2.75, 3.05) is 0 Å². The summed E-state index contributed by atoms with van der Waals surface area (Å²) in [5.41, 5.74) is 1.94. The zero-order valence-electron chi connectivity index (χ0n) is 11.3. The van der Waals surface area contributed by atoms with Crippen molar-refractivity contribution in [1.82, 2.24) is 0 Å². The van der Waals surface area contributed by atoms with E-state index in [1.807, 2.05) is 25.1 Å². The SMILES string of the molecule is Cc1cc(F)ccc1OCc1cccc2ccccc12. The molecule has 3 aromatic carbocycles. The summed E-state index contributed by atoms with van der Waals surface area (Å²) in [6.07, 6.45) is 0. The minimum atomic E-state index is -0.236. The van der Waals surface area contributed by atoms with Crippen LogP contribution in [0.3, 0.4) is 0 Å². The second-order valence-corrected chi connectivity index (χ2v) is 4.84. The summed E-state index contributed by atoms with van der Waals surface area (Å²) in [6.45, 7) is 2.33. The largest absolute Gasteiger partial charge is 0.489 e. The van der Waals surface area contributed by atoms with Gasteiger partial charge in [-0.15, -0.1) is 0 Å². The molecule has 0 aromatic heterocycles. The zero-order chi connectivity index (χ0) is 13.9. The first-order valence-electron chi connectivity index (χ1n) is 6.59. The Morgan fingerprint density at radius 1 is 0.950 bits per heavy atom. The summed E-state index contributed by atoms with van der Waals surface area (Å²) in [4.78, 5) is 0. The second-order valence-electron chi connectivity index (χ2n) is 4.84. The number of hydrogen-bond acceptors (Lipinski definition) is 1. The highest BCUT2D eigenvalue weighted by Crippen LogP contribution is 2.23. The summed E-state index contributed by atoms with van der Waals surface area (Å²) in [7, 11) is 0. The van der Waals surface area contributed by atoms with Crippen molar-refractivity contribution in [3.63, 3.8) is 0 Å². The fraction of sp³-hybridized carbons (Fsp3) is 0.111. The van der Waals surface area contributed by atoms with Crippen molar-refractivity contribution in [2.24, 2.45) is 0 Å². The molecule has 0 radical (unpaired) electrons. The molecule has 100 valence electrons. The number of halogens is 1. The van der Waals surface area contributed by atoms with Gasteiger partial charge in [0, 0.05) is 0 Å². The van der Waals surface area contributed by atoms with Gasteiger partial charge in [0.1, 0.15) is 18.2 Å². The molecule has 0 aliphatic rings. The molecule has 0 saturated carbocycles. The fourth-order valence-corrected chi connectivity index (χ4v) is 2.35. The molecule has 3 rings (SSSR count). The van der Waals surface area contributed by atoms with Crippen LogP contribution in [0.15, 0.2) is 60.7 Å². The molecule has 0 atom stereocenters. The van der Waals surface area contributed by atoms with Gasteiger partial charge in [-0.05, 0) is 47.0 Å². The average Bonchev–Trinajstić information content (AvgIpc) is 2.46. The molecule has 0 saturated heterocycles. The maximum absolute atomic E-state index is 13.1. The number of benzene rings is 3. The first kappa shape index (κ1) is 12.7. The van der Waals surface area contributed by atoms with Crippen molar-refractivity contribution < 1.29 is 9.13 Å². The average molecular weight is 266 g/mol. The molecule has 0 N–H and O–H groups in total. The van der Waals surface area contributed by atoms with Crippen LogP contribution in [0, 0.1) is 12.7 Å². The molecule has 0 bridgehead atoms. The Labute approximate surface area is 117 Å². The summed E-state index contributed by atoms with van der Waals surface area (Å²) in [5, 5.41) is 2.39. The van der Waals surface area contributed by atoms with Gasteiger partial charge in [0.15, 0.2) is 0 Å². The van der Waals surface area contributed by atoms with Crippen LogP contribution in [0.5, 0.6) is 5.75 Å².